The SMILES string of the molecule is CC(C)(C)/C=C(\[O-])N1C(=O)OC[C@@H]1Cc1ccccc1.[Li+]. The maximum absolute atomic E-state index is 12.2. The molecule has 21 heavy (non-hydrogen) atoms. The van der Waals surface area contributed by atoms with Crippen LogP contribution in [0.4, 0.5) is 4.79 Å². The Bertz CT molecular complexity index is 508. The fourth-order valence-electron chi connectivity index (χ4n) is 2.21. The van der Waals surface area contributed by atoms with Gasteiger partial charge >= 0.3 is 25.0 Å². The second kappa shape index (κ2) is 7.06. The van der Waals surface area contributed by atoms with Gasteiger partial charge in [-0.3, -0.25) is 4.90 Å². The van der Waals surface area contributed by atoms with E-state index in [2.05, 4.69) is 0 Å². The zero-order chi connectivity index (χ0) is 14.8. The Morgan fingerprint density at radius 1 is 1.38 bits per heavy atom. The van der Waals surface area contributed by atoms with E-state index in [1.807, 2.05) is 51.1 Å². The van der Waals surface area contributed by atoms with Crippen LogP contribution in [0.5, 0.6) is 0 Å². The van der Waals surface area contributed by atoms with E-state index in [0.717, 1.165) is 5.56 Å². The number of benzene rings is 1. The quantitative estimate of drug-likeness (QED) is 0.544. The van der Waals surface area contributed by atoms with Gasteiger partial charge in [0, 0.05) is 0 Å². The van der Waals surface area contributed by atoms with E-state index in [-0.39, 0.29) is 42.8 Å². The minimum absolute atomic E-state index is 0. The summed E-state index contributed by atoms with van der Waals surface area (Å²) in [5, 5.41) is 12.2. The predicted octanol–water partition coefficient (Wildman–Crippen LogP) is -0.698. The Balaban J connectivity index is 0.00000220. The summed E-state index contributed by atoms with van der Waals surface area (Å²) in [6.07, 6.45) is 1.64. The van der Waals surface area contributed by atoms with Gasteiger partial charge in [0.05, 0.1) is 6.04 Å². The average molecular weight is 281 g/mol. The minimum atomic E-state index is -0.545. The third-order valence-corrected chi connectivity index (χ3v) is 3.07. The molecule has 1 saturated heterocycles. The van der Waals surface area contributed by atoms with Crippen molar-refractivity contribution < 1.29 is 33.5 Å². The van der Waals surface area contributed by atoms with E-state index in [1.165, 1.54) is 4.90 Å². The fourth-order valence-corrected chi connectivity index (χ4v) is 2.21. The van der Waals surface area contributed by atoms with Crippen LogP contribution in [0.3, 0.4) is 0 Å². The van der Waals surface area contributed by atoms with Crippen LogP contribution in [0.25, 0.3) is 0 Å². The molecule has 108 valence electrons. The second-order valence-electron chi connectivity index (χ2n) is 6.14. The van der Waals surface area contributed by atoms with Crippen LogP contribution in [0.1, 0.15) is 26.3 Å². The van der Waals surface area contributed by atoms with E-state index in [9.17, 15) is 9.90 Å². The van der Waals surface area contributed by atoms with E-state index in [4.69, 9.17) is 4.74 Å². The van der Waals surface area contributed by atoms with Crippen molar-refractivity contribution in [2.24, 2.45) is 5.41 Å². The van der Waals surface area contributed by atoms with Gasteiger partial charge in [-0.15, -0.1) is 0 Å². The molecule has 0 radical (unpaired) electrons. The number of hydrogen-bond acceptors (Lipinski definition) is 3. The Morgan fingerprint density at radius 2 is 2.00 bits per heavy atom. The number of carbonyl (C=O) groups is 1. The molecule has 1 atom stereocenters. The van der Waals surface area contributed by atoms with Crippen molar-refractivity contribution in [3.05, 3.63) is 47.9 Å². The number of nitrogens with zero attached hydrogens (tertiary/aromatic N) is 1. The molecule has 0 saturated carbocycles. The number of hydrogen-bond donors (Lipinski definition) is 0. The van der Waals surface area contributed by atoms with Gasteiger partial charge < -0.3 is 9.84 Å². The van der Waals surface area contributed by atoms with Crippen LogP contribution in [-0.2, 0) is 11.2 Å². The molecule has 0 unspecified atom stereocenters. The van der Waals surface area contributed by atoms with Gasteiger partial charge in [0.25, 0.3) is 0 Å². The van der Waals surface area contributed by atoms with Crippen LogP contribution < -0.4 is 24.0 Å². The zero-order valence-corrected chi connectivity index (χ0v) is 13.1. The van der Waals surface area contributed by atoms with Crippen molar-refractivity contribution in [3.63, 3.8) is 0 Å². The average Bonchev–Trinajstić information content (AvgIpc) is 2.69. The molecular formula is C16H20LiNO3. The molecule has 1 aliphatic heterocycles. The van der Waals surface area contributed by atoms with Gasteiger partial charge in [0.2, 0.25) is 0 Å². The van der Waals surface area contributed by atoms with Gasteiger partial charge in [-0.25, -0.2) is 4.79 Å². The third-order valence-electron chi connectivity index (χ3n) is 3.07. The maximum Gasteiger partial charge on any atom is 1.00 e. The monoisotopic (exact) mass is 281 g/mol. The van der Waals surface area contributed by atoms with Crippen molar-refractivity contribution in [1.82, 2.24) is 4.90 Å². The molecule has 4 nitrogen and oxygen atoms in total. The maximum atomic E-state index is 12.2. The van der Waals surface area contributed by atoms with Crippen molar-refractivity contribution in [1.29, 1.82) is 0 Å². The van der Waals surface area contributed by atoms with Crippen LogP contribution in [0.15, 0.2) is 42.3 Å². The molecule has 1 heterocycles. The molecule has 1 aromatic carbocycles. The van der Waals surface area contributed by atoms with E-state index >= 15 is 0 Å². The van der Waals surface area contributed by atoms with Crippen molar-refractivity contribution in [3.8, 4) is 0 Å². The summed E-state index contributed by atoms with van der Waals surface area (Å²) >= 11 is 0. The number of carbonyl (C=O) groups excluding carboxylic acids is 1. The summed E-state index contributed by atoms with van der Waals surface area (Å²) in [6.45, 7) is 6.05. The van der Waals surface area contributed by atoms with Gasteiger partial charge in [-0.1, -0.05) is 57.2 Å². The Morgan fingerprint density at radius 3 is 2.57 bits per heavy atom. The van der Waals surface area contributed by atoms with E-state index < -0.39 is 6.09 Å². The topological polar surface area (TPSA) is 52.6 Å². The summed E-state index contributed by atoms with van der Waals surface area (Å²) in [5.74, 6) is -0.277. The van der Waals surface area contributed by atoms with Crippen LogP contribution >= 0.6 is 0 Å². The zero-order valence-electron chi connectivity index (χ0n) is 13.1. The van der Waals surface area contributed by atoms with Crippen LogP contribution in [0, 0.1) is 5.41 Å². The molecule has 0 spiro atoms. The Hall–Kier alpha value is -1.37. The summed E-state index contributed by atoms with van der Waals surface area (Å²) in [4.78, 5) is 13.0. The molecule has 1 aromatic rings. The predicted molar refractivity (Wildman–Crippen MR) is 74.7 cm³/mol. The normalized spacial score (nSPS) is 19.2. The van der Waals surface area contributed by atoms with E-state index in [0.29, 0.717) is 6.42 Å². The smallest absolute Gasteiger partial charge is 0.860 e. The Kier molecular flexibility index (Phi) is 5.95. The first-order valence-electron chi connectivity index (χ1n) is 6.76. The summed E-state index contributed by atoms with van der Waals surface area (Å²) in [7, 11) is 0. The first-order valence-corrected chi connectivity index (χ1v) is 6.76. The van der Waals surface area contributed by atoms with Gasteiger partial charge in [0.15, 0.2) is 0 Å². The minimum Gasteiger partial charge on any atom is -0.860 e. The number of rotatable bonds is 3. The van der Waals surface area contributed by atoms with E-state index in [1.54, 1.807) is 6.08 Å². The molecule has 1 aliphatic rings. The van der Waals surface area contributed by atoms with Crippen LogP contribution in [0.2, 0.25) is 0 Å². The second-order valence-corrected chi connectivity index (χ2v) is 6.14. The fraction of sp³-hybridized carbons (Fsp3) is 0.438. The first kappa shape index (κ1) is 17.7. The van der Waals surface area contributed by atoms with Crippen molar-refractivity contribution >= 4 is 6.09 Å². The number of cyclic esters (lactones) is 1. The standard InChI is InChI=1S/C16H21NO3.Li/c1-16(2,3)10-14(18)17-13(11-20-15(17)19)9-12-7-5-4-6-8-12;/h4-8,10,13,18H,9,11H2,1-3H3;/q;+1/p-1/b14-10-;/t13-;/m0./s1. The molecule has 0 bridgehead atoms. The number of allylic oxidation sites excluding steroid dienone is 1. The first-order chi connectivity index (χ1) is 9.37. The number of amides is 1. The molecule has 1 fully saturated rings. The van der Waals surface area contributed by atoms with Gasteiger partial charge in [0.1, 0.15) is 6.61 Å². The molecule has 2 rings (SSSR count). The summed E-state index contributed by atoms with van der Waals surface area (Å²) < 4.78 is 5.03. The van der Waals surface area contributed by atoms with Crippen molar-refractivity contribution in [2.75, 3.05) is 6.61 Å². The molecule has 0 N–H and O–H groups in total. The molecule has 0 aliphatic carbocycles. The van der Waals surface area contributed by atoms with Crippen LogP contribution in [-0.4, -0.2) is 23.6 Å². The molecule has 5 heteroatoms. The third kappa shape index (κ3) is 4.84. The molecule has 0 aromatic heterocycles. The number of ether oxygens (including phenoxy) is 1. The summed E-state index contributed by atoms with van der Waals surface area (Å²) in [5.41, 5.74) is 0.821. The largest absolute Gasteiger partial charge is 1.00 e. The molecule has 1 amide bonds. The molecular weight excluding hydrogens is 261 g/mol. The van der Waals surface area contributed by atoms with Gasteiger partial charge in [-0.05, 0) is 23.3 Å². The van der Waals surface area contributed by atoms with Crippen molar-refractivity contribution in [2.45, 2.75) is 33.2 Å². The Labute approximate surface area is 138 Å². The van der Waals surface area contributed by atoms with Gasteiger partial charge in [-0.2, -0.15) is 0 Å². The summed E-state index contributed by atoms with van der Waals surface area (Å²) in [6, 6.07) is 9.57.